The van der Waals surface area contributed by atoms with Crippen molar-refractivity contribution in [1.29, 1.82) is 0 Å². The van der Waals surface area contributed by atoms with Crippen LogP contribution in [0.1, 0.15) is 37.6 Å². The summed E-state index contributed by atoms with van der Waals surface area (Å²) in [4.78, 5) is 21.9. The normalized spacial score (nSPS) is 11.2. The second kappa shape index (κ2) is 12.4. The van der Waals surface area contributed by atoms with Crippen LogP contribution in [0, 0.1) is 0 Å². The van der Waals surface area contributed by atoms with Crippen LogP contribution in [0.15, 0.2) is 35.6 Å². The minimum absolute atomic E-state index is 0.0916. The number of fused-ring (bicyclic) bond motifs is 1. The maximum Gasteiger partial charge on any atom is 0.251 e. The van der Waals surface area contributed by atoms with Gasteiger partial charge in [0.25, 0.3) is 5.91 Å². The fourth-order valence-electron chi connectivity index (χ4n) is 3.10. The van der Waals surface area contributed by atoms with Crippen molar-refractivity contribution in [2.75, 3.05) is 37.9 Å². The zero-order valence-corrected chi connectivity index (χ0v) is 20.4. The molecule has 3 rings (SSSR count). The van der Waals surface area contributed by atoms with Crippen LogP contribution in [0.3, 0.4) is 0 Å². The molecule has 0 atom stereocenters. The summed E-state index contributed by atoms with van der Waals surface area (Å²) in [7, 11) is 1.67. The Morgan fingerprint density at radius 1 is 1.18 bits per heavy atom. The van der Waals surface area contributed by atoms with Gasteiger partial charge in [-0.3, -0.25) is 4.79 Å². The lowest BCUT2D eigenvalue weighted by Gasteiger charge is -2.11. The number of ether oxygens (including phenoxy) is 2. The van der Waals surface area contributed by atoms with Crippen molar-refractivity contribution >= 4 is 34.5 Å². The van der Waals surface area contributed by atoms with E-state index in [9.17, 15) is 4.79 Å². The smallest absolute Gasteiger partial charge is 0.251 e. The molecular weight excluding hydrogens is 440 g/mol. The van der Waals surface area contributed by atoms with Gasteiger partial charge in [-0.2, -0.15) is 5.10 Å². The number of amides is 1. The van der Waals surface area contributed by atoms with E-state index in [4.69, 9.17) is 14.5 Å². The van der Waals surface area contributed by atoms with Crippen molar-refractivity contribution < 1.29 is 14.3 Å². The van der Waals surface area contributed by atoms with Crippen molar-refractivity contribution in [1.82, 2.24) is 25.1 Å². The van der Waals surface area contributed by atoms with Crippen LogP contribution in [-0.4, -0.2) is 64.3 Å². The number of benzene rings is 1. The van der Waals surface area contributed by atoms with Crippen molar-refractivity contribution in [2.24, 2.45) is 0 Å². The standard InChI is InChI=1S/C23H32N6O3S/c1-5-14-33-23-27-20(24-11-13-31-4)19-15-26-29(21(19)28-23)12-10-25-22(30)17-6-8-18(9-7-17)32-16(2)3/h6-9,15-16H,5,10-14H2,1-4H3,(H,25,30)(H,24,27,28). The molecule has 0 saturated heterocycles. The van der Waals surface area contributed by atoms with E-state index in [1.807, 2.05) is 13.8 Å². The second-order valence-electron chi connectivity index (χ2n) is 7.67. The summed E-state index contributed by atoms with van der Waals surface area (Å²) in [5, 5.41) is 12.3. The van der Waals surface area contributed by atoms with Crippen LogP contribution in [0.2, 0.25) is 0 Å². The molecule has 0 bridgehead atoms. The number of hydrogen-bond acceptors (Lipinski definition) is 8. The van der Waals surface area contributed by atoms with Gasteiger partial charge in [-0.1, -0.05) is 18.7 Å². The lowest BCUT2D eigenvalue weighted by molar-refractivity contribution is 0.0952. The summed E-state index contributed by atoms with van der Waals surface area (Å²) in [5.74, 6) is 2.29. The van der Waals surface area contributed by atoms with Gasteiger partial charge < -0.3 is 20.1 Å². The van der Waals surface area contributed by atoms with Gasteiger partial charge in [-0.15, -0.1) is 0 Å². The predicted octanol–water partition coefficient (Wildman–Crippen LogP) is 3.60. The molecule has 33 heavy (non-hydrogen) atoms. The monoisotopic (exact) mass is 472 g/mol. The molecule has 10 heteroatoms. The summed E-state index contributed by atoms with van der Waals surface area (Å²) in [6.07, 6.45) is 2.89. The van der Waals surface area contributed by atoms with Crippen molar-refractivity contribution in [3.8, 4) is 5.75 Å². The molecule has 0 fully saturated rings. The molecule has 0 radical (unpaired) electrons. The Hall–Kier alpha value is -2.85. The number of nitrogens with one attached hydrogen (secondary N) is 2. The third-order valence-electron chi connectivity index (χ3n) is 4.61. The highest BCUT2D eigenvalue weighted by Gasteiger charge is 2.14. The van der Waals surface area contributed by atoms with Gasteiger partial charge in [-0.25, -0.2) is 14.6 Å². The lowest BCUT2D eigenvalue weighted by atomic mass is 10.2. The maximum absolute atomic E-state index is 12.5. The number of thioether (sulfide) groups is 1. The van der Waals surface area contributed by atoms with Crippen LogP contribution in [-0.2, 0) is 11.3 Å². The molecule has 9 nitrogen and oxygen atoms in total. The van der Waals surface area contributed by atoms with Crippen LogP contribution in [0.25, 0.3) is 11.0 Å². The number of carbonyl (C=O) groups is 1. The number of aromatic nitrogens is 4. The molecule has 0 aliphatic carbocycles. The maximum atomic E-state index is 12.5. The van der Waals surface area contributed by atoms with E-state index in [1.165, 1.54) is 0 Å². The molecule has 0 spiro atoms. The quantitative estimate of drug-likeness (QED) is 0.221. The fraction of sp³-hybridized carbons (Fsp3) is 0.478. The largest absolute Gasteiger partial charge is 0.491 e. The summed E-state index contributed by atoms with van der Waals surface area (Å²) >= 11 is 1.62. The SMILES string of the molecule is CCCSc1nc(NCCOC)c2cnn(CCNC(=O)c3ccc(OC(C)C)cc3)c2n1. The third kappa shape index (κ3) is 7.06. The number of carbonyl (C=O) groups excluding carboxylic acids is 1. The molecule has 2 heterocycles. The molecule has 1 amide bonds. The van der Waals surface area contributed by atoms with Crippen molar-refractivity contribution in [3.05, 3.63) is 36.0 Å². The van der Waals surface area contributed by atoms with Crippen LogP contribution in [0.5, 0.6) is 5.75 Å². The molecule has 1 aromatic carbocycles. The number of hydrogen-bond donors (Lipinski definition) is 2. The highest BCUT2D eigenvalue weighted by Crippen LogP contribution is 2.24. The van der Waals surface area contributed by atoms with Gasteiger partial charge in [0.05, 0.1) is 30.8 Å². The van der Waals surface area contributed by atoms with Gasteiger partial charge in [0.1, 0.15) is 11.6 Å². The van der Waals surface area contributed by atoms with Crippen molar-refractivity contribution in [3.63, 3.8) is 0 Å². The van der Waals surface area contributed by atoms with Gasteiger partial charge in [0, 0.05) is 31.5 Å². The van der Waals surface area contributed by atoms with E-state index in [-0.39, 0.29) is 12.0 Å². The minimum atomic E-state index is -0.140. The fourth-order valence-corrected chi connectivity index (χ4v) is 3.79. The van der Waals surface area contributed by atoms with Gasteiger partial charge in [0.2, 0.25) is 0 Å². The summed E-state index contributed by atoms with van der Waals surface area (Å²) < 4.78 is 12.6. The molecular formula is C23H32N6O3S. The molecule has 2 aromatic heterocycles. The summed E-state index contributed by atoms with van der Waals surface area (Å²) in [6, 6.07) is 7.14. The highest BCUT2D eigenvalue weighted by molar-refractivity contribution is 7.99. The number of anilines is 1. The Kier molecular flexibility index (Phi) is 9.32. The van der Waals surface area contributed by atoms with Gasteiger partial charge >= 0.3 is 0 Å². The molecule has 3 aromatic rings. The number of rotatable bonds is 13. The molecule has 0 saturated carbocycles. The topological polar surface area (TPSA) is 103 Å². The minimum Gasteiger partial charge on any atom is -0.491 e. The average Bonchev–Trinajstić information content (AvgIpc) is 3.21. The Bertz CT molecular complexity index is 1040. The lowest BCUT2D eigenvalue weighted by Crippen LogP contribution is -2.27. The molecule has 2 N–H and O–H groups in total. The Labute approximate surface area is 198 Å². The summed E-state index contributed by atoms with van der Waals surface area (Å²) in [6.45, 7) is 8.20. The van der Waals surface area contributed by atoms with E-state index in [0.29, 0.717) is 37.0 Å². The highest BCUT2D eigenvalue weighted by atomic mass is 32.2. The molecule has 0 aliphatic rings. The molecule has 0 unspecified atom stereocenters. The first-order chi connectivity index (χ1) is 16.0. The van der Waals surface area contributed by atoms with E-state index in [0.717, 1.165) is 34.8 Å². The van der Waals surface area contributed by atoms with Crippen LogP contribution < -0.4 is 15.4 Å². The zero-order chi connectivity index (χ0) is 23.6. The number of nitrogens with zero attached hydrogens (tertiary/aromatic N) is 4. The molecule has 178 valence electrons. The van der Waals surface area contributed by atoms with Crippen molar-refractivity contribution in [2.45, 2.75) is 45.0 Å². The average molecular weight is 473 g/mol. The first-order valence-corrected chi connectivity index (χ1v) is 12.1. The third-order valence-corrected chi connectivity index (χ3v) is 5.66. The van der Waals surface area contributed by atoms with E-state index in [1.54, 1.807) is 54.0 Å². The Morgan fingerprint density at radius 2 is 1.97 bits per heavy atom. The predicted molar refractivity (Wildman–Crippen MR) is 131 cm³/mol. The summed E-state index contributed by atoms with van der Waals surface area (Å²) in [5.41, 5.74) is 1.33. The van der Waals surface area contributed by atoms with Gasteiger partial charge in [0.15, 0.2) is 10.8 Å². The Balaban J connectivity index is 1.66. The van der Waals surface area contributed by atoms with Crippen LogP contribution >= 0.6 is 11.8 Å². The van der Waals surface area contributed by atoms with E-state index >= 15 is 0 Å². The van der Waals surface area contributed by atoms with Gasteiger partial charge in [-0.05, 0) is 44.5 Å². The Morgan fingerprint density at radius 3 is 2.67 bits per heavy atom. The first kappa shape index (κ1) is 24.8. The van der Waals surface area contributed by atoms with E-state index < -0.39 is 0 Å². The zero-order valence-electron chi connectivity index (χ0n) is 19.6. The van der Waals surface area contributed by atoms with Crippen LogP contribution in [0.4, 0.5) is 5.82 Å². The number of methoxy groups -OCH3 is 1. The molecule has 0 aliphatic heterocycles. The second-order valence-corrected chi connectivity index (χ2v) is 8.74. The van der Waals surface area contributed by atoms with E-state index in [2.05, 4.69) is 27.6 Å². The first-order valence-electron chi connectivity index (χ1n) is 11.2.